The largest absolute Gasteiger partial charge is 0.508 e. The number of hydrogen-bond acceptors (Lipinski definition) is 4. The van der Waals surface area contributed by atoms with Gasteiger partial charge in [-0.1, -0.05) is 24.3 Å². The summed E-state index contributed by atoms with van der Waals surface area (Å²) in [4.78, 5) is 0. The summed E-state index contributed by atoms with van der Waals surface area (Å²) in [6.45, 7) is 0. The van der Waals surface area contributed by atoms with E-state index in [9.17, 15) is 10.2 Å². The van der Waals surface area contributed by atoms with Crippen LogP contribution in [-0.2, 0) is 0 Å². The molecular formula is C20H14N2O2. The second-order valence-electron chi connectivity index (χ2n) is 5.54. The number of rotatable bonds is 2. The molecule has 0 aliphatic carbocycles. The van der Waals surface area contributed by atoms with Gasteiger partial charge < -0.3 is 10.2 Å². The molecule has 3 aromatic carbocycles. The summed E-state index contributed by atoms with van der Waals surface area (Å²) in [6, 6.07) is 21.8. The smallest absolute Gasteiger partial charge is 0.115 e. The van der Waals surface area contributed by atoms with Crippen LogP contribution in [0.15, 0.2) is 72.8 Å². The number of phenolic OH excluding ortho intramolecular Hbond substituents is 2. The van der Waals surface area contributed by atoms with Gasteiger partial charge in [-0.2, -0.15) is 0 Å². The first-order valence-corrected chi connectivity index (χ1v) is 7.56. The molecule has 0 saturated heterocycles. The van der Waals surface area contributed by atoms with Crippen molar-refractivity contribution >= 4 is 10.8 Å². The van der Waals surface area contributed by atoms with E-state index >= 15 is 0 Å². The van der Waals surface area contributed by atoms with Crippen LogP contribution in [-0.4, -0.2) is 20.4 Å². The molecule has 0 unspecified atom stereocenters. The van der Waals surface area contributed by atoms with Crippen LogP contribution in [0.5, 0.6) is 11.5 Å². The molecule has 2 N–H and O–H groups in total. The molecular weight excluding hydrogens is 300 g/mol. The third-order valence-electron chi connectivity index (χ3n) is 3.97. The molecule has 0 spiro atoms. The van der Waals surface area contributed by atoms with E-state index in [-0.39, 0.29) is 11.5 Å². The second kappa shape index (κ2) is 5.66. The molecule has 4 aromatic rings. The zero-order valence-electron chi connectivity index (χ0n) is 12.7. The van der Waals surface area contributed by atoms with Gasteiger partial charge in [0.1, 0.15) is 22.9 Å². The van der Waals surface area contributed by atoms with Crippen LogP contribution < -0.4 is 0 Å². The molecule has 0 saturated carbocycles. The van der Waals surface area contributed by atoms with Crippen LogP contribution in [0.2, 0.25) is 0 Å². The maximum absolute atomic E-state index is 9.48. The summed E-state index contributed by atoms with van der Waals surface area (Å²) in [6.07, 6.45) is 0. The summed E-state index contributed by atoms with van der Waals surface area (Å²) in [7, 11) is 0. The van der Waals surface area contributed by atoms with Gasteiger partial charge in [0.15, 0.2) is 0 Å². The second-order valence-corrected chi connectivity index (χ2v) is 5.54. The Hall–Kier alpha value is -3.40. The summed E-state index contributed by atoms with van der Waals surface area (Å²) >= 11 is 0. The van der Waals surface area contributed by atoms with Crippen molar-refractivity contribution in [2.45, 2.75) is 0 Å². The fraction of sp³-hybridized carbons (Fsp3) is 0. The van der Waals surface area contributed by atoms with Gasteiger partial charge in [0.2, 0.25) is 0 Å². The zero-order chi connectivity index (χ0) is 16.5. The van der Waals surface area contributed by atoms with Crippen LogP contribution in [0.3, 0.4) is 0 Å². The number of aromatic nitrogens is 2. The van der Waals surface area contributed by atoms with Crippen LogP contribution in [0.25, 0.3) is 33.3 Å². The number of fused-ring (bicyclic) bond motifs is 1. The SMILES string of the molecule is Oc1ccc(-c2nnc(-c3ccc(O)cc3)c3ccccc23)cc1. The van der Waals surface area contributed by atoms with E-state index in [1.165, 1.54) is 0 Å². The van der Waals surface area contributed by atoms with Crippen molar-refractivity contribution in [3.8, 4) is 34.0 Å². The summed E-state index contributed by atoms with van der Waals surface area (Å²) in [5, 5.41) is 29.7. The van der Waals surface area contributed by atoms with Crippen molar-refractivity contribution < 1.29 is 10.2 Å². The highest BCUT2D eigenvalue weighted by Gasteiger charge is 2.12. The van der Waals surface area contributed by atoms with Crippen LogP contribution in [0, 0.1) is 0 Å². The molecule has 1 heterocycles. The van der Waals surface area contributed by atoms with Crippen molar-refractivity contribution in [1.29, 1.82) is 0 Å². The van der Waals surface area contributed by atoms with Crippen LogP contribution >= 0.6 is 0 Å². The lowest BCUT2D eigenvalue weighted by atomic mass is 10.0. The average molecular weight is 314 g/mol. The van der Waals surface area contributed by atoms with E-state index < -0.39 is 0 Å². The molecule has 0 aliphatic rings. The number of phenols is 2. The van der Waals surface area contributed by atoms with Gasteiger partial charge in [-0.3, -0.25) is 0 Å². The highest BCUT2D eigenvalue weighted by molar-refractivity contribution is 6.01. The third kappa shape index (κ3) is 2.44. The van der Waals surface area contributed by atoms with Crippen molar-refractivity contribution in [3.63, 3.8) is 0 Å². The quantitative estimate of drug-likeness (QED) is 0.576. The Labute approximate surface area is 138 Å². The lowest BCUT2D eigenvalue weighted by Gasteiger charge is -2.10. The first-order chi connectivity index (χ1) is 11.7. The van der Waals surface area contributed by atoms with Crippen molar-refractivity contribution in [2.24, 2.45) is 0 Å². The number of nitrogens with zero attached hydrogens (tertiary/aromatic N) is 2. The van der Waals surface area contributed by atoms with Gasteiger partial charge in [-0.15, -0.1) is 10.2 Å². The van der Waals surface area contributed by atoms with Crippen LogP contribution in [0.4, 0.5) is 0 Å². The first kappa shape index (κ1) is 14.2. The lowest BCUT2D eigenvalue weighted by Crippen LogP contribution is -1.94. The zero-order valence-corrected chi connectivity index (χ0v) is 12.7. The van der Waals surface area contributed by atoms with Crippen molar-refractivity contribution in [1.82, 2.24) is 10.2 Å². The maximum atomic E-state index is 9.48. The van der Waals surface area contributed by atoms with E-state index in [2.05, 4.69) is 10.2 Å². The van der Waals surface area contributed by atoms with Gasteiger partial charge in [0.05, 0.1) is 0 Å². The Morgan fingerprint density at radius 1 is 0.500 bits per heavy atom. The van der Waals surface area contributed by atoms with E-state index in [1.807, 2.05) is 48.5 Å². The predicted molar refractivity (Wildman–Crippen MR) is 93.7 cm³/mol. The van der Waals surface area contributed by atoms with Gasteiger partial charge in [-0.05, 0) is 48.5 Å². The molecule has 4 heteroatoms. The first-order valence-electron chi connectivity index (χ1n) is 7.56. The van der Waals surface area contributed by atoms with E-state index in [1.54, 1.807) is 24.3 Å². The molecule has 0 aliphatic heterocycles. The highest BCUT2D eigenvalue weighted by atomic mass is 16.3. The lowest BCUT2D eigenvalue weighted by molar-refractivity contribution is 0.475. The highest BCUT2D eigenvalue weighted by Crippen LogP contribution is 2.33. The summed E-state index contributed by atoms with van der Waals surface area (Å²) in [5.41, 5.74) is 3.34. The molecule has 4 nitrogen and oxygen atoms in total. The standard InChI is InChI=1S/C20H14N2O2/c23-15-9-5-13(6-10-15)19-17-3-1-2-4-18(17)20(22-21-19)14-7-11-16(24)12-8-14/h1-12,23-24H. The minimum absolute atomic E-state index is 0.219. The molecule has 0 atom stereocenters. The van der Waals surface area contributed by atoms with Gasteiger partial charge in [0, 0.05) is 21.9 Å². The van der Waals surface area contributed by atoms with Crippen molar-refractivity contribution in [2.75, 3.05) is 0 Å². The molecule has 0 radical (unpaired) electrons. The van der Waals surface area contributed by atoms with E-state index in [0.717, 1.165) is 33.3 Å². The third-order valence-corrected chi connectivity index (χ3v) is 3.97. The van der Waals surface area contributed by atoms with Crippen LogP contribution in [0.1, 0.15) is 0 Å². The normalized spacial score (nSPS) is 10.8. The fourth-order valence-corrected chi connectivity index (χ4v) is 2.77. The molecule has 0 fully saturated rings. The fourth-order valence-electron chi connectivity index (χ4n) is 2.77. The van der Waals surface area contributed by atoms with Gasteiger partial charge in [0.25, 0.3) is 0 Å². The minimum atomic E-state index is 0.219. The number of hydrogen-bond donors (Lipinski definition) is 2. The summed E-state index contributed by atoms with van der Waals surface area (Å²) < 4.78 is 0. The summed E-state index contributed by atoms with van der Waals surface area (Å²) in [5.74, 6) is 0.438. The Bertz CT molecular complexity index is 926. The maximum Gasteiger partial charge on any atom is 0.115 e. The molecule has 0 amide bonds. The Balaban J connectivity index is 1.95. The monoisotopic (exact) mass is 314 g/mol. The molecule has 116 valence electrons. The van der Waals surface area contributed by atoms with Crippen molar-refractivity contribution in [3.05, 3.63) is 72.8 Å². The van der Waals surface area contributed by atoms with Gasteiger partial charge >= 0.3 is 0 Å². The predicted octanol–water partition coefficient (Wildman–Crippen LogP) is 4.38. The topological polar surface area (TPSA) is 66.2 Å². The van der Waals surface area contributed by atoms with Gasteiger partial charge in [-0.25, -0.2) is 0 Å². The molecule has 4 rings (SSSR count). The van der Waals surface area contributed by atoms with E-state index in [4.69, 9.17) is 0 Å². The minimum Gasteiger partial charge on any atom is -0.508 e. The van der Waals surface area contributed by atoms with E-state index in [0.29, 0.717) is 0 Å². The molecule has 24 heavy (non-hydrogen) atoms. The molecule has 0 bridgehead atoms. The Morgan fingerprint density at radius 2 is 0.875 bits per heavy atom. The molecule has 1 aromatic heterocycles. The Morgan fingerprint density at radius 3 is 1.25 bits per heavy atom. The number of benzene rings is 3. The average Bonchev–Trinajstić information content (AvgIpc) is 2.62. The number of aromatic hydroxyl groups is 2. The Kier molecular flexibility index (Phi) is 3.35.